The summed E-state index contributed by atoms with van der Waals surface area (Å²) in [6.45, 7) is 9.31. The summed E-state index contributed by atoms with van der Waals surface area (Å²) in [5.41, 5.74) is 0. The topological polar surface area (TPSA) is 6.48 Å². The fraction of sp³-hybridized carbons (Fsp3) is 0.867. The number of hydrogen-bond acceptors (Lipinski definition) is 2. The minimum absolute atomic E-state index is 0.577. The summed E-state index contributed by atoms with van der Waals surface area (Å²) < 4.78 is 0. The molecular formula is C15H30N2. The van der Waals surface area contributed by atoms with Crippen LogP contribution in [0.1, 0.15) is 65.7 Å². The molecule has 2 nitrogen and oxygen atoms in total. The number of nitrogens with zero attached hydrogens (tertiary/aromatic N) is 2. The molecule has 0 spiro atoms. The van der Waals surface area contributed by atoms with Crippen LogP contribution in [0.4, 0.5) is 0 Å². The van der Waals surface area contributed by atoms with Crippen molar-refractivity contribution >= 4 is 0 Å². The summed E-state index contributed by atoms with van der Waals surface area (Å²) in [4.78, 5) is 4.97. The smallest absolute Gasteiger partial charge is 0.0977 e. The zero-order valence-corrected chi connectivity index (χ0v) is 12.0. The Hall–Kier alpha value is -0.660. The van der Waals surface area contributed by atoms with Gasteiger partial charge in [0.05, 0.1) is 6.17 Å². The largest absolute Gasteiger partial charge is 0.356 e. The second-order valence-electron chi connectivity index (χ2n) is 5.17. The van der Waals surface area contributed by atoms with Crippen molar-refractivity contribution in [2.24, 2.45) is 0 Å². The molecule has 1 aliphatic rings. The van der Waals surface area contributed by atoms with E-state index in [4.69, 9.17) is 0 Å². The first-order valence-corrected chi connectivity index (χ1v) is 7.49. The average molecular weight is 238 g/mol. The Balaban J connectivity index is 2.15. The Morgan fingerprint density at radius 2 is 1.24 bits per heavy atom. The lowest BCUT2D eigenvalue weighted by Crippen LogP contribution is -2.36. The van der Waals surface area contributed by atoms with E-state index in [1.165, 1.54) is 58.0 Å². The lowest BCUT2D eigenvalue weighted by atomic mass is 10.2. The molecule has 0 fully saturated rings. The first-order chi connectivity index (χ1) is 8.29. The molecule has 0 aromatic carbocycles. The molecule has 1 atom stereocenters. The molecule has 0 saturated heterocycles. The van der Waals surface area contributed by atoms with Crippen molar-refractivity contribution in [1.82, 2.24) is 9.80 Å². The predicted octanol–water partition coefficient (Wildman–Crippen LogP) is 4.19. The Labute approximate surface area is 108 Å². The second kappa shape index (κ2) is 8.43. The molecule has 0 saturated carbocycles. The lowest BCUT2D eigenvalue weighted by Gasteiger charge is -2.29. The van der Waals surface area contributed by atoms with Gasteiger partial charge in [-0.25, -0.2) is 0 Å². The van der Waals surface area contributed by atoms with E-state index in [0.29, 0.717) is 6.17 Å². The summed E-state index contributed by atoms with van der Waals surface area (Å²) in [5, 5.41) is 0. The van der Waals surface area contributed by atoms with E-state index < -0.39 is 0 Å². The van der Waals surface area contributed by atoms with Gasteiger partial charge in [0.1, 0.15) is 0 Å². The van der Waals surface area contributed by atoms with Crippen molar-refractivity contribution < 1.29 is 0 Å². The van der Waals surface area contributed by atoms with E-state index in [2.05, 4.69) is 43.0 Å². The van der Waals surface area contributed by atoms with Crippen molar-refractivity contribution in [3.63, 3.8) is 0 Å². The van der Waals surface area contributed by atoms with Gasteiger partial charge in [0.25, 0.3) is 0 Å². The molecule has 0 aliphatic carbocycles. The monoisotopic (exact) mass is 238 g/mol. The molecule has 0 bridgehead atoms. The lowest BCUT2D eigenvalue weighted by molar-refractivity contribution is 0.165. The highest BCUT2D eigenvalue weighted by molar-refractivity contribution is 4.95. The van der Waals surface area contributed by atoms with Crippen LogP contribution < -0.4 is 0 Å². The van der Waals surface area contributed by atoms with Crippen LogP contribution in [0.3, 0.4) is 0 Å². The molecule has 2 heteroatoms. The van der Waals surface area contributed by atoms with Crippen molar-refractivity contribution in [1.29, 1.82) is 0 Å². The Bertz CT molecular complexity index is 213. The molecule has 1 rings (SSSR count). The van der Waals surface area contributed by atoms with Gasteiger partial charge in [-0.15, -0.1) is 0 Å². The molecule has 1 aliphatic heterocycles. The van der Waals surface area contributed by atoms with E-state index in [9.17, 15) is 0 Å². The third-order valence-corrected chi connectivity index (χ3v) is 3.70. The molecular weight excluding hydrogens is 208 g/mol. The molecule has 0 amide bonds. The fourth-order valence-electron chi connectivity index (χ4n) is 2.40. The van der Waals surface area contributed by atoms with Crippen LogP contribution in [-0.4, -0.2) is 29.1 Å². The molecule has 1 heterocycles. The highest BCUT2D eigenvalue weighted by Crippen LogP contribution is 2.17. The van der Waals surface area contributed by atoms with Gasteiger partial charge in [0.15, 0.2) is 0 Å². The van der Waals surface area contributed by atoms with E-state index in [-0.39, 0.29) is 0 Å². The minimum atomic E-state index is 0.577. The molecule has 100 valence electrons. The van der Waals surface area contributed by atoms with Gasteiger partial charge in [-0.2, -0.15) is 0 Å². The molecule has 0 radical (unpaired) electrons. The standard InChI is InChI=1S/C15H30N2/c1-4-6-8-10-12-17-14-13-16(15(17)3)11-9-7-5-2/h13-15H,4-12H2,1-3H3. The summed E-state index contributed by atoms with van der Waals surface area (Å²) in [7, 11) is 0. The highest BCUT2D eigenvalue weighted by Gasteiger charge is 2.20. The molecule has 0 aromatic rings. The maximum atomic E-state index is 2.49. The van der Waals surface area contributed by atoms with E-state index >= 15 is 0 Å². The third-order valence-electron chi connectivity index (χ3n) is 3.70. The van der Waals surface area contributed by atoms with Gasteiger partial charge in [-0.3, -0.25) is 0 Å². The molecule has 0 N–H and O–H groups in total. The second-order valence-corrected chi connectivity index (χ2v) is 5.17. The van der Waals surface area contributed by atoms with Crippen LogP contribution in [0.25, 0.3) is 0 Å². The predicted molar refractivity (Wildman–Crippen MR) is 75.7 cm³/mol. The third kappa shape index (κ3) is 5.01. The quantitative estimate of drug-likeness (QED) is 0.556. The Kier molecular flexibility index (Phi) is 7.14. The van der Waals surface area contributed by atoms with Crippen LogP contribution in [0.2, 0.25) is 0 Å². The fourth-order valence-corrected chi connectivity index (χ4v) is 2.40. The molecule has 1 unspecified atom stereocenters. The van der Waals surface area contributed by atoms with Crippen molar-refractivity contribution in [3.05, 3.63) is 12.4 Å². The summed E-state index contributed by atoms with van der Waals surface area (Å²) in [6.07, 6.45) is 14.6. The summed E-state index contributed by atoms with van der Waals surface area (Å²) >= 11 is 0. The van der Waals surface area contributed by atoms with Gasteiger partial charge in [-0.05, 0) is 19.8 Å². The van der Waals surface area contributed by atoms with Gasteiger partial charge in [-0.1, -0.05) is 46.0 Å². The zero-order chi connectivity index (χ0) is 12.5. The summed E-state index contributed by atoms with van der Waals surface area (Å²) in [5.74, 6) is 0. The average Bonchev–Trinajstić information content (AvgIpc) is 2.67. The maximum absolute atomic E-state index is 2.49. The Morgan fingerprint density at radius 1 is 0.765 bits per heavy atom. The number of unbranched alkanes of at least 4 members (excludes halogenated alkanes) is 5. The normalized spacial score (nSPS) is 19.4. The summed E-state index contributed by atoms with van der Waals surface area (Å²) in [6, 6.07) is 0. The van der Waals surface area contributed by atoms with Gasteiger partial charge in [0.2, 0.25) is 0 Å². The van der Waals surface area contributed by atoms with E-state index in [1.807, 2.05) is 0 Å². The van der Waals surface area contributed by atoms with Crippen molar-refractivity contribution in [3.8, 4) is 0 Å². The first-order valence-electron chi connectivity index (χ1n) is 7.49. The minimum Gasteiger partial charge on any atom is -0.356 e. The highest BCUT2D eigenvalue weighted by atomic mass is 15.4. The van der Waals surface area contributed by atoms with E-state index in [0.717, 1.165) is 0 Å². The van der Waals surface area contributed by atoms with Crippen LogP contribution in [-0.2, 0) is 0 Å². The van der Waals surface area contributed by atoms with Gasteiger partial charge >= 0.3 is 0 Å². The molecule has 0 aromatic heterocycles. The van der Waals surface area contributed by atoms with Crippen molar-refractivity contribution in [2.75, 3.05) is 13.1 Å². The zero-order valence-electron chi connectivity index (χ0n) is 12.0. The van der Waals surface area contributed by atoms with E-state index in [1.54, 1.807) is 0 Å². The SMILES string of the molecule is CCCCCCN1C=CN(CCCCC)C1C. The Morgan fingerprint density at radius 3 is 1.76 bits per heavy atom. The van der Waals surface area contributed by atoms with Crippen LogP contribution in [0, 0.1) is 0 Å². The molecule has 17 heavy (non-hydrogen) atoms. The van der Waals surface area contributed by atoms with Crippen LogP contribution >= 0.6 is 0 Å². The first kappa shape index (κ1) is 14.4. The van der Waals surface area contributed by atoms with Crippen LogP contribution in [0.15, 0.2) is 12.4 Å². The van der Waals surface area contributed by atoms with Crippen LogP contribution in [0.5, 0.6) is 0 Å². The van der Waals surface area contributed by atoms with Gasteiger partial charge in [0, 0.05) is 25.5 Å². The van der Waals surface area contributed by atoms with Crippen molar-refractivity contribution in [2.45, 2.75) is 71.9 Å². The maximum Gasteiger partial charge on any atom is 0.0977 e. The van der Waals surface area contributed by atoms with Gasteiger partial charge < -0.3 is 9.80 Å². The number of rotatable bonds is 9. The number of hydrogen-bond donors (Lipinski definition) is 0.